The first kappa shape index (κ1) is 18.7. The van der Waals surface area contributed by atoms with Gasteiger partial charge in [0.15, 0.2) is 11.0 Å². The number of hydrogen-bond donors (Lipinski definition) is 1. The Bertz CT molecular complexity index is 1030. The van der Waals surface area contributed by atoms with Crippen LogP contribution in [0.3, 0.4) is 0 Å². The molecule has 0 fully saturated rings. The van der Waals surface area contributed by atoms with Crippen LogP contribution in [0.2, 0.25) is 0 Å². The molecule has 0 aliphatic heterocycles. The molecule has 28 heavy (non-hydrogen) atoms. The average Bonchev–Trinajstić information content (AvgIpc) is 3.29. The van der Waals surface area contributed by atoms with Crippen LogP contribution in [0.25, 0.3) is 11.4 Å². The summed E-state index contributed by atoms with van der Waals surface area (Å²) in [6, 6.07) is 12.6. The van der Waals surface area contributed by atoms with E-state index in [1.54, 1.807) is 29.8 Å². The molecule has 5 nitrogen and oxygen atoms in total. The Labute approximate surface area is 167 Å². The van der Waals surface area contributed by atoms with Crippen molar-refractivity contribution >= 4 is 23.4 Å². The van der Waals surface area contributed by atoms with E-state index in [1.807, 2.05) is 13.0 Å². The fourth-order valence-corrected chi connectivity index (χ4v) is 4.21. The van der Waals surface area contributed by atoms with E-state index in [0.717, 1.165) is 18.5 Å². The second-order valence-corrected chi connectivity index (χ2v) is 8.24. The molecule has 1 amide bonds. The maximum Gasteiger partial charge on any atom is 0.237 e. The zero-order valence-electron chi connectivity index (χ0n) is 15.8. The van der Waals surface area contributed by atoms with Crippen molar-refractivity contribution in [2.24, 2.45) is 7.05 Å². The number of aryl methyl sites for hydroxylation is 2. The minimum atomic E-state index is -0.371. The number of anilines is 1. The molecular weight excluding hydrogens is 375 g/mol. The van der Waals surface area contributed by atoms with E-state index >= 15 is 0 Å². The van der Waals surface area contributed by atoms with E-state index in [4.69, 9.17) is 0 Å². The van der Waals surface area contributed by atoms with Crippen molar-refractivity contribution in [3.8, 4) is 11.4 Å². The lowest BCUT2D eigenvalue weighted by atomic mass is 10.1. The highest BCUT2D eigenvalue weighted by Gasteiger charge is 2.21. The lowest BCUT2D eigenvalue weighted by molar-refractivity contribution is -0.115. The first-order valence-corrected chi connectivity index (χ1v) is 10.1. The third-order valence-electron chi connectivity index (χ3n) is 4.97. The minimum absolute atomic E-state index is 0.0987. The third-order valence-corrected chi connectivity index (χ3v) is 6.10. The molecule has 2 aromatic carbocycles. The number of carbonyl (C=O) groups excluding carboxylic acids is 1. The molecule has 1 atom stereocenters. The van der Waals surface area contributed by atoms with Gasteiger partial charge in [0.25, 0.3) is 0 Å². The number of amides is 1. The van der Waals surface area contributed by atoms with Crippen molar-refractivity contribution in [2.75, 3.05) is 5.32 Å². The number of fused-ring (bicyclic) bond motifs is 1. The summed E-state index contributed by atoms with van der Waals surface area (Å²) in [6.07, 6.45) is 3.36. The van der Waals surface area contributed by atoms with Gasteiger partial charge in [-0.15, -0.1) is 10.2 Å². The van der Waals surface area contributed by atoms with Crippen LogP contribution in [0.15, 0.2) is 47.6 Å². The lowest BCUT2D eigenvalue weighted by Gasteiger charge is -2.12. The van der Waals surface area contributed by atoms with Crippen molar-refractivity contribution in [3.63, 3.8) is 0 Å². The van der Waals surface area contributed by atoms with Gasteiger partial charge in [-0.2, -0.15) is 0 Å². The molecular formula is C21H21FN4OS. The largest absolute Gasteiger partial charge is 0.325 e. The van der Waals surface area contributed by atoms with E-state index in [0.29, 0.717) is 16.5 Å². The van der Waals surface area contributed by atoms with Crippen LogP contribution in [-0.2, 0) is 24.7 Å². The van der Waals surface area contributed by atoms with Crippen molar-refractivity contribution in [1.82, 2.24) is 14.8 Å². The summed E-state index contributed by atoms with van der Waals surface area (Å²) in [4.78, 5) is 12.6. The van der Waals surface area contributed by atoms with Crippen molar-refractivity contribution in [2.45, 2.75) is 36.6 Å². The average molecular weight is 396 g/mol. The number of halogens is 1. The van der Waals surface area contributed by atoms with Crippen molar-refractivity contribution in [1.29, 1.82) is 0 Å². The summed E-state index contributed by atoms with van der Waals surface area (Å²) in [7, 11) is 1.77. The van der Waals surface area contributed by atoms with Gasteiger partial charge in [-0.3, -0.25) is 4.79 Å². The topological polar surface area (TPSA) is 59.8 Å². The van der Waals surface area contributed by atoms with Crippen LogP contribution in [0.5, 0.6) is 0 Å². The molecule has 0 spiro atoms. The van der Waals surface area contributed by atoms with Gasteiger partial charge >= 0.3 is 0 Å². The summed E-state index contributed by atoms with van der Waals surface area (Å²) in [6.45, 7) is 1.82. The number of aromatic nitrogens is 3. The predicted molar refractivity (Wildman–Crippen MR) is 109 cm³/mol. The number of nitrogens with zero attached hydrogens (tertiary/aromatic N) is 3. The van der Waals surface area contributed by atoms with E-state index in [-0.39, 0.29) is 17.0 Å². The standard InChI is InChI=1S/C21H21FN4OS/c1-13(20(27)23-16-11-10-14-6-5-7-15(14)12-16)28-21-25-24-19(26(21)2)17-8-3-4-9-18(17)22/h3-4,8-13H,5-7H2,1-2H3,(H,23,27). The fraction of sp³-hybridized carbons (Fsp3) is 0.286. The summed E-state index contributed by atoms with van der Waals surface area (Å²) in [5.74, 6) is -0.0119. The highest BCUT2D eigenvalue weighted by Crippen LogP contribution is 2.28. The Morgan fingerprint density at radius 2 is 1.96 bits per heavy atom. The summed E-state index contributed by atoms with van der Waals surface area (Å²) in [5.41, 5.74) is 3.91. The first-order valence-electron chi connectivity index (χ1n) is 9.26. The monoisotopic (exact) mass is 396 g/mol. The number of hydrogen-bond acceptors (Lipinski definition) is 4. The van der Waals surface area contributed by atoms with Gasteiger partial charge in [-0.25, -0.2) is 4.39 Å². The number of benzene rings is 2. The van der Waals surface area contributed by atoms with Gasteiger partial charge in [0.05, 0.1) is 10.8 Å². The molecule has 1 N–H and O–H groups in total. The van der Waals surface area contributed by atoms with Crippen LogP contribution >= 0.6 is 11.8 Å². The number of nitrogens with one attached hydrogen (secondary N) is 1. The van der Waals surface area contributed by atoms with Crippen LogP contribution in [0.4, 0.5) is 10.1 Å². The quantitative estimate of drug-likeness (QED) is 0.656. The van der Waals surface area contributed by atoms with Crippen molar-refractivity contribution in [3.05, 3.63) is 59.4 Å². The van der Waals surface area contributed by atoms with Gasteiger partial charge in [0.2, 0.25) is 5.91 Å². The second-order valence-electron chi connectivity index (χ2n) is 6.93. The fourth-order valence-electron chi connectivity index (χ4n) is 3.40. The smallest absolute Gasteiger partial charge is 0.237 e. The molecule has 3 aromatic rings. The lowest BCUT2D eigenvalue weighted by Crippen LogP contribution is -2.23. The van der Waals surface area contributed by atoms with E-state index in [9.17, 15) is 9.18 Å². The minimum Gasteiger partial charge on any atom is -0.325 e. The van der Waals surface area contributed by atoms with Crippen LogP contribution in [-0.4, -0.2) is 25.9 Å². The van der Waals surface area contributed by atoms with Crippen LogP contribution < -0.4 is 5.32 Å². The van der Waals surface area contributed by atoms with Crippen LogP contribution in [0, 0.1) is 5.82 Å². The Hall–Kier alpha value is -2.67. The van der Waals surface area contributed by atoms with Crippen LogP contribution in [0.1, 0.15) is 24.5 Å². The van der Waals surface area contributed by atoms with E-state index in [1.165, 1.54) is 35.4 Å². The number of carbonyl (C=O) groups is 1. The normalized spacial score (nSPS) is 14.0. The molecule has 1 aromatic heterocycles. The Balaban J connectivity index is 1.46. The summed E-state index contributed by atoms with van der Waals surface area (Å²) < 4.78 is 15.8. The third kappa shape index (κ3) is 3.67. The highest BCUT2D eigenvalue weighted by molar-refractivity contribution is 8.00. The zero-order valence-corrected chi connectivity index (χ0v) is 16.6. The molecule has 0 radical (unpaired) electrons. The Morgan fingerprint density at radius 3 is 2.79 bits per heavy atom. The molecule has 0 saturated carbocycles. The summed E-state index contributed by atoms with van der Waals surface area (Å²) in [5, 5.41) is 11.4. The maximum absolute atomic E-state index is 14.0. The molecule has 1 heterocycles. The van der Waals surface area contributed by atoms with Crippen molar-refractivity contribution < 1.29 is 9.18 Å². The predicted octanol–water partition coefficient (Wildman–Crippen LogP) is 4.23. The molecule has 1 aliphatic carbocycles. The molecule has 0 saturated heterocycles. The van der Waals surface area contributed by atoms with Gasteiger partial charge in [-0.1, -0.05) is 30.0 Å². The number of thioether (sulfide) groups is 1. The molecule has 7 heteroatoms. The molecule has 144 valence electrons. The zero-order chi connectivity index (χ0) is 19.7. The maximum atomic E-state index is 14.0. The van der Waals surface area contributed by atoms with Gasteiger partial charge < -0.3 is 9.88 Å². The SMILES string of the molecule is CC(Sc1nnc(-c2ccccc2F)n1C)C(=O)Nc1ccc2c(c1)CCC2. The Kier molecular flexibility index (Phi) is 5.17. The van der Waals surface area contributed by atoms with Gasteiger partial charge in [-0.05, 0) is 61.6 Å². The van der Waals surface area contributed by atoms with Gasteiger partial charge in [0, 0.05) is 12.7 Å². The highest BCUT2D eigenvalue weighted by atomic mass is 32.2. The second kappa shape index (κ2) is 7.75. The molecule has 0 bridgehead atoms. The van der Waals surface area contributed by atoms with E-state index < -0.39 is 0 Å². The molecule has 4 rings (SSSR count). The van der Waals surface area contributed by atoms with E-state index in [2.05, 4.69) is 27.6 Å². The summed E-state index contributed by atoms with van der Waals surface area (Å²) >= 11 is 1.30. The first-order chi connectivity index (χ1) is 13.5. The van der Waals surface area contributed by atoms with Gasteiger partial charge in [0.1, 0.15) is 5.82 Å². The molecule has 1 unspecified atom stereocenters. The molecule has 1 aliphatic rings. The Morgan fingerprint density at radius 1 is 1.18 bits per heavy atom. The number of rotatable bonds is 5.